The Labute approximate surface area is 98.1 Å². The third-order valence-electron chi connectivity index (χ3n) is 2.97. The Hall–Kier alpha value is 0.0149. The minimum Gasteiger partial charge on any atom is -0.399 e. The van der Waals surface area contributed by atoms with E-state index in [4.69, 9.17) is 20.9 Å². The fourth-order valence-corrected chi connectivity index (χ4v) is 1.69. The molecule has 0 aromatic heterocycles. The van der Waals surface area contributed by atoms with Crippen LogP contribution in [0, 0.1) is 5.92 Å². The molecule has 0 aromatic rings. The van der Waals surface area contributed by atoms with Crippen molar-refractivity contribution in [3.63, 3.8) is 0 Å². The van der Waals surface area contributed by atoms with Gasteiger partial charge in [0, 0.05) is 4.93 Å². The van der Waals surface area contributed by atoms with Gasteiger partial charge in [-0.05, 0) is 33.6 Å². The van der Waals surface area contributed by atoms with Crippen LogP contribution in [0.3, 0.4) is 0 Å². The molecule has 2 nitrogen and oxygen atoms in total. The van der Waals surface area contributed by atoms with Crippen molar-refractivity contribution < 1.29 is 9.31 Å². The first-order valence-electron chi connectivity index (χ1n) is 5.38. The molecule has 0 aromatic carbocycles. The summed E-state index contributed by atoms with van der Waals surface area (Å²) in [5.74, 6) is 0.400. The lowest BCUT2D eigenvalue weighted by atomic mass is 9.88. The van der Waals surface area contributed by atoms with Gasteiger partial charge in [0.25, 0.3) is 0 Å². The SMILES string of the molecule is CC(C)/C=C(\Cl)B1OC(C)(C)C(C)(C)O1. The van der Waals surface area contributed by atoms with E-state index >= 15 is 0 Å². The van der Waals surface area contributed by atoms with E-state index in [2.05, 4.69) is 13.8 Å². The van der Waals surface area contributed by atoms with Gasteiger partial charge in [-0.1, -0.05) is 31.5 Å². The summed E-state index contributed by atoms with van der Waals surface area (Å²) in [5.41, 5.74) is -0.634. The maximum absolute atomic E-state index is 6.15. The molecule has 15 heavy (non-hydrogen) atoms. The molecule has 0 spiro atoms. The van der Waals surface area contributed by atoms with Crippen molar-refractivity contribution in [3.8, 4) is 0 Å². The average molecular weight is 231 g/mol. The molecule has 1 heterocycles. The summed E-state index contributed by atoms with van der Waals surface area (Å²) in [6.45, 7) is 12.2. The third-order valence-corrected chi connectivity index (χ3v) is 3.28. The molecule has 1 aliphatic rings. The van der Waals surface area contributed by atoms with Crippen molar-refractivity contribution in [1.29, 1.82) is 0 Å². The maximum atomic E-state index is 6.15. The Balaban J connectivity index is 2.79. The van der Waals surface area contributed by atoms with Crippen molar-refractivity contribution in [1.82, 2.24) is 0 Å². The lowest BCUT2D eigenvalue weighted by molar-refractivity contribution is 0.00578. The quantitative estimate of drug-likeness (QED) is 0.677. The van der Waals surface area contributed by atoms with E-state index in [1.807, 2.05) is 33.8 Å². The number of hydrogen-bond acceptors (Lipinski definition) is 2. The summed E-state index contributed by atoms with van der Waals surface area (Å²) >= 11 is 6.15. The summed E-state index contributed by atoms with van der Waals surface area (Å²) in [6, 6.07) is 0. The van der Waals surface area contributed by atoms with Crippen LogP contribution in [-0.2, 0) is 9.31 Å². The molecule has 1 saturated heterocycles. The van der Waals surface area contributed by atoms with Crippen LogP contribution in [0.5, 0.6) is 0 Å². The Morgan fingerprint density at radius 2 is 1.53 bits per heavy atom. The van der Waals surface area contributed by atoms with Crippen LogP contribution in [0.2, 0.25) is 0 Å². The summed E-state index contributed by atoms with van der Waals surface area (Å²) in [7, 11) is -0.418. The lowest BCUT2D eigenvalue weighted by Gasteiger charge is -2.32. The molecule has 0 atom stereocenters. The minimum atomic E-state index is -0.418. The monoisotopic (exact) mass is 230 g/mol. The van der Waals surface area contributed by atoms with Crippen LogP contribution >= 0.6 is 11.6 Å². The van der Waals surface area contributed by atoms with Crippen molar-refractivity contribution in [2.75, 3.05) is 0 Å². The molecular formula is C11H20BClO2. The fraction of sp³-hybridized carbons (Fsp3) is 0.818. The first-order valence-corrected chi connectivity index (χ1v) is 5.76. The average Bonchev–Trinajstić information content (AvgIpc) is 2.20. The van der Waals surface area contributed by atoms with Gasteiger partial charge < -0.3 is 9.31 Å². The topological polar surface area (TPSA) is 18.5 Å². The molecule has 86 valence electrons. The highest BCUT2D eigenvalue weighted by atomic mass is 35.5. The largest absolute Gasteiger partial charge is 0.506 e. The smallest absolute Gasteiger partial charge is 0.399 e. The van der Waals surface area contributed by atoms with E-state index in [1.54, 1.807) is 0 Å². The zero-order valence-electron chi connectivity index (χ0n) is 10.4. The molecule has 0 N–H and O–H groups in total. The summed E-state index contributed by atoms with van der Waals surface area (Å²) in [4.78, 5) is 0.642. The summed E-state index contributed by atoms with van der Waals surface area (Å²) in [6.07, 6.45) is 1.96. The molecule has 0 radical (unpaired) electrons. The van der Waals surface area contributed by atoms with E-state index in [-0.39, 0.29) is 11.2 Å². The summed E-state index contributed by atoms with van der Waals surface area (Å²) in [5, 5.41) is 0. The van der Waals surface area contributed by atoms with Crippen LogP contribution in [0.1, 0.15) is 41.5 Å². The highest BCUT2D eigenvalue weighted by molar-refractivity contribution is 6.69. The Morgan fingerprint density at radius 1 is 1.13 bits per heavy atom. The highest BCUT2D eigenvalue weighted by Gasteiger charge is 2.52. The van der Waals surface area contributed by atoms with Gasteiger partial charge in [0.1, 0.15) is 0 Å². The van der Waals surface area contributed by atoms with Gasteiger partial charge in [-0.2, -0.15) is 0 Å². The molecule has 0 unspecified atom stereocenters. The van der Waals surface area contributed by atoms with Crippen LogP contribution in [-0.4, -0.2) is 18.3 Å². The van der Waals surface area contributed by atoms with Gasteiger partial charge in [-0.25, -0.2) is 0 Å². The number of rotatable bonds is 2. The van der Waals surface area contributed by atoms with Crippen molar-refractivity contribution in [2.24, 2.45) is 5.92 Å². The van der Waals surface area contributed by atoms with E-state index in [0.29, 0.717) is 10.8 Å². The first-order chi connectivity index (χ1) is 6.66. The number of hydrogen-bond donors (Lipinski definition) is 0. The Morgan fingerprint density at radius 3 is 1.87 bits per heavy atom. The Bertz CT molecular complexity index is 256. The molecule has 4 heteroatoms. The molecule has 0 bridgehead atoms. The molecule has 0 amide bonds. The van der Waals surface area contributed by atoms with Crippen molar-refractivity contribution in [3.05, 3.63) is 11.0 Å². The van der Waals surface area contributed by atoms with Crippen LogP contribution in [0.25, 0.3) is 0 Å². The van der Waals surface area contributed by atoms with Crippen molar-refractivity contribution in [2.45, 2.75) is 52.7 Å². The first kappa shape index (κ1) is 13.1. The maximum Gasteiger partial charge on any atom is 0.506 e. The van der Waals surface area contributed by atoms with Gasteiger partial charge in [0.15, 0.2) is 0 Å². The predicted octanol–water partition coefficient (Wildman–Crippen LogP) is 3.40. The van der Waals surface area contributed by atoms with Gasteiger partial charge in [-0.3, -0.25) is 0 Å². The number of halogens is 1. The zero-order valence-corrected chi connectivity index (χ0v) is 11.2. The predicted molar refractivity (Wildman–Crippen MR) is 64.9 cm³/mol. The number of allylic oxidation sites excluding steroid dienone is 1. The third kappa shape index (κ3) is 2.77. The van der Waals surface area contributed by atoms with E-state index in [9.17, 15) is 0 Å². The van der Waals surface area contributed by atoms with E-state index in [0.717, 1.165) is 0 Å². The molecular weight excluding hydrogens is 210 g/mol. The summed E-state index contributed by atoms with van der Waals surface area (Å²) < 4.78 is 11.6. The van der Waals surface area contributed by atoms with Gasteiger partial charge in [0.05, 0.1) is 11.2 Å². The standard InChI is InChI=1S/C11H20BClO2/c1-8(2)7-9(13)12-14-10(3,4)11(5,6)15-12/h7-8H,1-6H3/b9-7-. The molecule has 0 saturated carbocycles. The van der Waals surface area contributed by atoms with Crippen LogP contribution in [0.15, 0.2) is 11.0 Å². The highest BCUT2D eigenvalue weighted by Crippen LogP contribution is 2.39. The normalized spacial score (nSPS) is 25.1. The Kier molecular flexibility index (Phi) is 3.59. The fourth-order valence-electron chi connectivity index (χ4n) is 1.35. The molecule has 1 rings (SSSR count). The molecule has 0 aliphatic carbocycles. The van der Waals surface area contributed by atoms with Crippen LogP contribution < -0.4 is 0 Å². The second kappa shape index (κ2) is 4.12. The van der Waals surface area contributed by atoms with E-state index in [1.165, 1.54) is 0 Å². The van der Waals surface area contributed by atoms with Gasteiger partial charge in [0.2, 0.25) is 0 Å². The second-order valence-electron chi connectivity index (χ2n) is 5.38. The van der Waals surface area contributed by atoms with E-state index < -0.39 is 7.12 Å². The van der Waals surface area contributed by atoms with Gasteiger partial charge in [-0.15, -0.1) is 0 Å². The lowest BCUT2D eigenvalue weighted by Crippen LogP contribution is -2.41. The zero-order chi connectivity index (χ0) is 11.9. The molecule has 1 aliphatic heterocycles. The molecule has 1 fully saturated rings. The van der Waals surface area contributed by atoms with Gasteiger partial charge >= 0.3 is 7.12 Å². The van der Waals surface area contributed by atoms with Crippen molar-refractivity contribution >= 4 is 18.7 Å². The minimum absolute atomic E-state index is 0.317. The second-order valence-corrected chi connectivity index (χ2v) is 5.82. The van der Waals surface area contributed by atoms with Crippen LogP contribution in [0.4, 0.5) is 0 Å².